The Hall–Kier alpha value is -1.84. The standard InChI is InChI=1S/C29H48O4/c1-3-5-7-9-11-13-15-17-21-32-28-24-27(25-31)29(23-26(28)19-20-30)33-22-18-16-14-12-10-8-6-4-2/h20,23-25H,3-19,21-22H2,1-2H3. The van der Waals surface area contributed by atoms with Gasteiger partial charge in [-0.3, -0.25) is 4.79 Å². The highest BCUT2D eigenvalue weighted by atomic mass is 16.5. The summed E-state index contributed by atoms with van der Waals surface area (Å²) in [5.41, 5.74) is 1.29. The van der Waals surface area contributed by atoms with Crippen LogP contribution in [-0.2, 0) is 11.2 Å². The summed E-state index contributed by atoms with van der Waals surface area (Å²) < 4.78 is 11.9. The molecule has 0 aliphatic heterocycles. The van der Waals surface area contributed by atoms with Crippen molar-refractivity contribution in [2.75, 3.05) is 13.2 Å². The Bertz CT molecular complexity index is 626. The van der Waals surface area contributed by atoms with Crippen LogP contribution in [-0.4, -0.2) is 25.8 Å². The number of unbranched alkanes of at least 4 members (excludes halogenated alkanes) is 14. The molecule has 1 aromatic rings. The van der Waals surface area contributed by atoms with Gasteiger partial charge in [0.05, 0.1) is 18.8 Å². The molecular formula is C29H48O4. The molecule has 0 aliphatic rings. The lowest BCUT2D eigenvalue weighted by atomic mass is 10.1. The fourth-order valence-corrected chi connectivity index (χ4v) is 4.05. The molecule has 1 aromatic carbocycles. The number of hydrogen-bond donors (Lipinski definition) is 0. The van der Waals surface area contributed by atoms with Gasteiger partial charge in [-0.15, -0.1) is 0 Å². The van der Waals surface area contributed by atoms with E-state index in [4.69, 9.17) is 9.47 Å². The molecule has 0 N–H and O–H groups in total. The summed E-state index contributed by atoms with van der Waals surface area (Å²) in [6, 6.07) is 3.55. The molecule has 0 aliphatic carbocycles. The fraction of sp³-hybridized carbons (Fsp3) is 0.724. The van der Waals surface area contributed by atoms with E-state index in [9.17, 15) is 9.59 Å². The first-order valence-electron chi connectivity index (χ1n) is 13.6. The van der Waals surface area contributed by atoms with E-state index in [2.05, 4.69) is 13.8 Å². The zero-order valence-electron chi connectivity index (χ0n) is 21.4. The van der Waals surface area contributed by atoms with Crippen molar-refractivity contribution in [1.29, 1.82) is 0 Å². The highest BCUT2D eigenvalue weighted by Crippen LogP contribution is 2.29. The Kier molecular flexibility index (Phi) is 18.4. The molecule has 33 heavy (non-hydrogen) atoms. The number of rotatable bonds is 23. The highest BCUT2D eigenvalue weighted by molar-refractivity contribution is 5.81. The van der Waals surface area contributed by atoms with Gasteiger partial charge in [0.15, 0.2) is 6.29 Å². The Morgan fingerprint density at radius 2 is 1.06 bits per heavy atom. The third-order valence-corrected chi connectivity index (χ3v) is 6.13. The molecule has 4 nitrogen and oxygen atoms in total. The van der Waals surface area contributed by atoms with Gasteiger partial charge in [-0.25, -0.2) is 0 Å². The van der Waals surface area contributed by atoms with Gasteiger partial charge in [0, 0.05) is 12.0 Å². The average molecular weight is 461 g/mol. The molecule has 0 unspecified atom stereocenters. The smallest absolute Gasteiger partial charge is 0.153 e. The summed E-state index contributed by atoms with van der Waals surface area (Å²) in [7, 11) is 0. The molecule has 0 radical (unpaired) electrons. The van der Waals surface area contributed by atoms with Crippen LogP contribution >= 0.6 is 0 Å². The largest absolute Gasteiger partial charge is 0.493 e. The lowest BCUT2D eigenvalue weighted by Crippen LogP contribution is -2.05. The topological polar surface area (TPSA) is 52.6 Å². The first kappa shape index (κ1) is 29.2. The van der Waals surface area contributed by atoms with Crippen LogP contribution in [0.1, 0.15) is 133 Å². The second-order valence-corrected chi connectivity index (χ2v) is 9.13. The Morgan fingerprint density at radius 1 is 0.606 bits per heavy atom. The maximum Gasteiger partial charge on any atom is 0.153 e. The maximum atomic E-state index is 11.6. The molecule has 1 rings (SSSR count). The van der Waals surface area contributed by atoms with Gasteiger partial charge in [0.25, 0.3) is 0 Å². The summed E-state index contributed by atoms with van der Waals surface area (Å²) in [5.74, 6) is 1.19. The quantitative estimate of drug-likeness (QED) is 0.122. The van der Waals surface area contributed by atoms with Crippen LogP contribution in [0.25, 0.3) is 0 Å². The van der Waals surface area contributed by atoms with Crippen molar-refractivity contribution in [2.45, 2.75) is 123 Å². The molecule has 0 saturated carbocycles. The van der Waals surface area contributed by atoms with Crippen LogP contribution in [0.3, 0.4) is 0 Å². The van der Waals surface area contributed by atoms with Crippen LogP contribution in [0, 0.1) is 0 Å². The van der Waals surface area contributed by atoms with Gasteiger partial charge in [0.2, 0.25) is 0 Å². The molecule has 0 aromatic heterocycles. The minimum Gasteiger partial charge on any atom is -0.493 e. The van der Waals surface area contributed by atoms with Crippen molar-refractivity contribution in [1.82, 2.24) is 0 Å². The lowest BCUT2D eigenvalue weighted by Gasteiger charge is -2.15. The SMILES string of the molecule is CCCCCCCCCCOc1cc(CC=O)c(OCCCCCCCCCC)cc1C=O. The van der Waals surface area contributed by atoms with E-state index in [1.165, 1.54) is 77.0 Å². The maximum absolute atomic E-state index is 11.6. The van der Waals surface area contributed by atoms with E-state index < -0.39 is 0 Å². The van der Waals surface area contributed by atoms with Crippen molar-refractivity contribution in [2.24, 2.45) is 0 Å². The van der Waals surface area contributed by atoms with Gasteiger partial charge in [0.1, 0.15) is 17.8 Å². The van der Waals surface area contributed by atoms with Gasteiger partial charge < -0.3 is 14.3 Å². The first-order chi connectivity index (χ1) is 16.3. The van der Waals surface area contributed by atoms with Crippen LogP contribution < -0.4 is 9.47 Å². The number of aldehydes is 2. The number of hydrogen-bond acceptors (Lipinski definition) is 4. The van der Waals surface area contributed by atoms with Crippen LogP contribution in [0.4, 0.5) is 0 Å². The number of carbonyl (C=O) groups excluding carboxylic acids is 2. The molecule has 0 saturated heterocycles. The Balaban J connectivity index is 2.41. The average Bonchev–Trinajstić information content (AvgIpc) is 2.83. The molecule has 4 heteroatoms. The molecule has 0 bridgehead atoms. The summed E-state index contributed by atoms with van der Waals surface area (Å²) in [4.78, 5) is 22.8. The predicted octanol–water partition coefficient (Wildman–Crippen LogP) is 8.28. The van der Waals surface area contributed by atoms with E-state index in [0.29, 0.717) is 30.3 Å². The van der Waals surface area contributed by atoms with E-state index in [1.54, 1.807) is 6.07 Å². The second kappa shape index (κ2) is 20.7. The molecule has 0 atom stereocenters. The number of ether oxygens (including phenoxy) is 2. The molecule has 0 spiro atoms. The summed E-state index contributed by atoms with van der Waals surface area (Å²) in [5, 5.41) is 0. The molecule has 0 amide bonds. The second-order valence-electron chi connectivity index (χ2n) is 9.13. The van der Waals surface area contributed by atoms with Crippen molar-refractivity contribution in [3.8, 4) is 11.5 Å². The lowest BCUT2D eigenvalue weighted by molar-refractivity contribution is -0.107. The van der Waals surface area contributed by atoms with Crippen LogP contribution in [0.15, 0.2) is 12.1 Å². The van der Waals surface area contributed by atoms with Gasteiger partial charge in [-0.2, -0.15) is 0 Å². The predicted molar refractivity (Wildman–Crippen MR) is 138 cm³/mol. The highest BCUT2D eigenvalue weighted by Gasteiger charge is 2.12. The molecular weight excluding hydrogens is 412 g/mol. The van der Waals surface area contributed by atoms with Gasteiger partial charge in [-0.1, -0.05) is 104 Å². The van der Waals surface area contributed by atoms with Crippen molar-refractivity contribution >= 4 is 12.6 Å². The Morgan fingerprint density at radius 3 is 1.52 bits per heavy atom. The minimum atomic E-state index is 0.264. The zero-order chi connectivity index (χ0) is 24.0. The first-order valence-corrected chi connectivity index (χ1v) is 13.6. The normalized spacial score (nSPS) is 10.8. The van der Waals surface area contributed by atoms with E-state index >= 15 is 0 Å². The van der Waals surface area contributed by atoms with Gasteiger partial charge in [-0.05, 0) is 25.0 Å². The minimum absolute atomic E-state index is 0.264. The van der Waals surface area contributed by atoms with E-state index in [1.807, 2.05) is 6.07 Å². The fourth-order valence-electron chi connectivity index (χ4n) is 4.05. The molecule has 0 heterocycles. The zero-order valence-corrected chi connectivity index (χ0v) is 21.4. The van der Waals surface area contributed by atoms with Crippen molar-refractivity contribution in [3.63, 3.8) is 0 Å². The van der Waals surface area contributed by atoms with Gasteiger partial charge >= 0.3 is 0 Å². The van der Waals surface area contributed by atoms with Crippen LogP contribution in [0.2, 0.25) is 0 Å². The molecule has 188 valence electrons. The Labute approximate surface area is 202 Å². The third-order valence-electron chi connectivity index (χ3n) is 6.13. The number of carbonyl (C=O) groups is 2. The van der Waals surface area contributed by atoms with Crippen LogP contribution in [0.5, 0.6) is 11.5 Å². The summed E-state index contributed by atoms with van der Waals surface area (Å²) in [6.07, 6.45) is 21.8. The third kappa shape index (κ3) is 14.1. The van der Waals surface area contributed by atoms with E-state index in [0.717, 1.165) is 43.8 Å². The van der Waals surface area contributed by atoms with E-state index in [-0.39, 0.29) is 6.42 Å². The van der Waals surface area contributed by atoms with Crippen molar-refractivity contribution < 1.29 is 19.1 Å². The van der Waals surface area contributed by atoms with Crippen molar-refractivity contribution in [3.05, 3.63) is 23.3 Å². The summed E-state index contributed by atoms with van der Waals surface area (Å²) in [6.45, 7) is 5.68. The monoisotopic (exact) mass is 460 g/mol. The summed E-state index contributed by atoms with van der Waals surface area (Å²) >= 11 is 0. The number of benzene rings is 1. The molecule has 0 fully saturated rings.